The summed E-state index contributed by atoms with van der Waals surface area (Å²) in [5, 5.41) is 12.3. The molecule has 0 aliphatic rings. The van der Waals surface area contributed by atoms with Crippen molar-refractivity contribution in [2.75, 3.05) is 25.1 Å². The smallest absolute Gasteiger partial charge is 0.227 e. The largest absolute Gasteiger partial charge is 0.491 e. The number of H-pyrrole nitrogens is 1. The minimum atomic E-state index is 0.514. The quantitative estimate of drug-likeness (QED) is 0.483. The molecule has 0 saturated carbocycles. The molecule has 7 heteroatoms. The summed E-state index contributed by atoms with van der Waals surface area (Å²) < 4.78 is 11.2. The Morgan fingerprint density at radius 3 is 2.85 bits per heavy atom. The molecule has 7 nitrogen and oxygen atoms in total. The lowest BCUT2D eigenvalue weighted by molar-refractivity contribution is 0.110. The fourth-order valence-corrected chi connectivity index (χ4v) is 2.94. The Balaban J connectivity index is 1.58. The number of aromatic nitrogens is 4. The third kappa shape index (κ3) is 3.68. The van der Waals surface area contributed by atoms with Crippen molar-refractivity contribution in [3.05, 3.63) is 48.3 Å². The van der Waals surface area contributed by atoms with Crippen molar-refractivity contribution < 1.29 is 9.47 Å². The van der Waals surface area contributed by atoms with Crippen molar-refractivity contribution in [3.63, 3.8) is 0 Å². The number of rotatable bonds is 7. The summed E-state index contributed by atoms with van der Waals surface area (Å²) in [6.45, 7) is 5.75. The van der Waals surface area contributed by atoms with Crippen molar-refractivity contribution in [2.45, 2.75) is 13.8 Å². The summed E-state index contributed by atoms with van der Waals surface area (Å²) in [5.74, 6) is 1.35. The molecule has 0 amide bonds. The first-order valence-corrected chi connectivity index (χ1v) is 8.91. The molecule has 2 aromatic carbocycles. The molecule has 4 aromatic rings. The standard InChI is InChI=1S/C20H21N5O2/c1-3-26-8-9-27-18-7-5-15-11-21-20(24-19(15)13(18)2)23-16-6-4-14-12-22-25-17(14)10-16/h4-7,10-12H,3,8-9H2,1-2H3,(H,22,25)(H,21,23,24). The monoisotopic (exact) mass is 363 g/mol. The zero-order valence-corrected chi connectivity index (χ0v) is 15.3. The third-order valence-electron chi connectivity index (χ3n) is 4.34. The van der Waals surface area contributed by atoms with Gasteiger partial charge < -0.3 is 14.8 Å². The van der Waals surface area contributed by atoms with Gasteiger partial charge in [-0.05, 0) is 44.2 Å². The molecule has 4 rings (SSSR count). The lowest BCUT2D eigenvalue weighted by Gasteiger charge is -2.12. The molecule has 0 fully saturated rings. The van der Waals surface area contributed by atoms with E-state index in [-0.39, 0.29) is 0 Å². The topological polar surface area (TPSA) is 85.0 Å². The molecule has 0 unspecified atom stereocenters. The van der Waals surface area contributed by atoms with Gasteiger partial charge in [0, 0.05) is 34.8 Å². The number of benzene rings is 2. The summed E-state index contributed by atoms with van der Waals surface area (Å²) in [6.07, 6.45) is 3.61. The molecule has 0 aliphatic carbocycles. The number of anilines is 2. The van der Waals surface area contributed by atoms with Crippen LogP contribution in [0.3, 0.4) is 0 Å². The van der Waals surface area contributed by atoms with Gasteiger partial charge in [-0.2, -0.15) is 5.10 Å². The van der Waals surface area contributed by atoms with Gasteiger partial charge in [-0.25, -0.2) is 9.97 Å². The van der Waals surface area contributed by atoms with Crippen LogP contribution in [0.5, 0.6) is 5.75 Å². The molecular formula is C20H21N5O2. The van der Waals surface area contributed by atoms with E-state index in [1.165, 1.54) is 0 Å². The van der Waals surface area contributed by atoms with Crippen LogP contribution >= 0.6 is 0 Å². The summed E-state index contributed by atoms with van der Waals surface area (Å²) in [5.41, 5.74) is 3.71. The number of aromatic amines is 1. The lowest BCUT2D eigenvalue weighted by atomic mass is 10.1. The van der Waals surface area contributed by atoms with Gasteiger partial charge >= 0.3 is 0 Å². The molecule has 27 heavy (non-hydrogen) atoms. The number of hydrogen-bond donors (Lipinski definition) is 2. The van der Waals surface area contributed by atoms with Gasteiger partial charge in [-0.3, -0.25) is 5.10 Å². The van der Waals surface area contributed by atoms with Crippen molar-refractivity contribution in [3.8, 4) is 5.75 Å². The van der Waals surface area contributed by atoms with E-state index < -0.39 is 0 Å². The Morgan fingerprint density at radius 2 is 1.96 bits per heavy atom. The molecular weight excluding hydrogens is 342 g/mol. The van der Waals surface area contributed by atoms with Gasteiger partial charge in [-0.1, -0.05) is 0 Å². The second-order valence-electron chi connectivity index (χ2n) is 6.16. The Labute approximate surface area is 156 Å². The van der Waals surface area contributed by atoms with Crippen LogP contribution in [-0.4, -0.2) is 40.0 Å². The second kappa shape index (κ2) is 7.59. The maximum absolute atomic E-state index is 5.83. The number of fused-ring (bicyclic) bond motifs is 2. The third-order valence-corrected chi connectivity index (χ3v) is 4.34. The molecule has 0 aliphatic heterocycles. The van der Waals surface area contributed by atoms with Crippen molar-refractivity contribution >= 4 is 33.4 Å². The van der Waals surface area contributed by atoms with Crippen LogP contribution < -0.4 is 10.1 Å². The average Bonchev–Trinajstić information content (AvgIpc) is 3.15. The Kier molecular flexibility index (Phi) is 4.84. The van der Waals surface area contributed by atoms with Crippen molar-refractivity contribution in [1.29, 1.82) is 0 Å². The molecule has 0 radical (unpaired) electrons. The molecule has 2 N–H and O–H groups in total. The fraction of sp³-hybridized carbons (Fsp3) is 0.250. The van der Waals surface area contributed by atoms with E-state index in [1.54, 1.807) is 6.20 Å². The molecule has 2 aromatic heterocycles. The van der Waals surface area contributed by atoms with Crippen molar-refractivity contribution in [1.82, 2.24) is 20.2 Å². The molecule has 0 saturated heterocycles. The summed E-state index contributed by atoms with van der Waals surface area (Å²) in [6, 6.07) is 9.88. The molecule has 0 bridgehead atoms. The van der Waals surface area contributed by atoms with E-state index in [4.69, 9.17) is 9.47 Å². The molecule has 138 valence electrons. The number of ether oxygens (including phenoxy) is 2. The minimum Gasteiger partial charge on any atom is -0.491 e. The SMILES string of the molecule is CCOCCOc1ccc2cnc(Nc3ccc4cn[nH]c4c3)nc2c1C. The number of hydrogen-bond acceptors (Lipinski definition) is 6. The molecule has 0 spiro atoms. The molecule has 2 heterocycles. The molecule has 0 atom stereocenters. The van der Waals surface area contributed by atoms with Crippen LogP contribution in [-0.2, 0) is 4.74 Å². The van der Waals surface area contributed by atoms with Gasteiger partial charge in [0.1, 0.15) is 12.4 Å². The van der Waals surface area contributed by atoms with Gasteiger partial charge in [0.25, 0.3) is 0 Å². The van der Waals surface area contributed by atoms with Crippen LogP contribution in [0.4, 0.5) is 11.6 Å². The zero-order valence-electron chi connectivity index (χ0n) is 15.3. The van der Waals surface area contributed by atoms with Crippen LogP contribution in [0.1, 0.15) is 12.5 Å². The highest BCUT2D eigenvalue weighted by Crippen LogP contribution is 2.27. The predicted octanol–water partition coefficient (Wildman–Crippen LogP) is 3.97. The summed E-state index contributed by atoms with van der Waals surface area (Å²) >= 11 is 0. The summed E-state index contributed by atoms with van der Waals surface area (Å²) in [7, 11) is 0. The normalized spacial score (nSPS) is 11.2. The maximum Gasteiger partial charge on any atom is 0.227 e. The highest BCUT2D eigenvalue weighted by molar-refractivity contribution is 5.85. The fourth-order valence-electron chi connectivity index (χ4n) is 2.94. The highest BCUT2D eigenvalue weighted by atomic mass is 16.5. The van der Waals surface area contributed by atoms with Crippen LogP contribution in [0.15, 0.2) is 42.7 Å². The van der Waals surface area contributed by atoms with Gasteiger partial charge in [0.2, 0.25) is 5.95 Å². The zero-order chi connectivity index (χ0) is 18.6. The second-order valence-corrected chi connectivity index (χ2v) is 6.16. The number of nitrogens with zero attached hydrogens (tertiary/aromatic N) is 3. The van der Waals surface area contributed by atoms with E-state index in [0.717, 1.165) is 38.8 Å². The van der Waals surface area contributed by atoms with Crippen LogP contribution in [0, 0.1) is 6.92 Å². The highest BCUT2D eigenvalue weighted by Gasteiger charge is 2.09. The summed E-state index contributed by atoms with van der Waals surface area (Å²) in [4.78, 5) is 9.10. The van der Waals surface area contributed by atoms with E-state index in [0.29, 0.717) is 25.8 Å². The lowest BCUT2D eigenvalue weighted by Crippen LogP contribution is -2.07. The van der Waals surface area contributed by atoms with Gasteiger partial charge in [-0.15, -0.1) is 0 Å². The first-order valence-electron chi connectivity index (χ1n) is 8.91. The van der Waals surface area contributed by atoms with E-state index in [9.17, 15) is 0 Å². The van der Waals surface area contributed by atoms with E-state index in [1.807, 2.05) is 50.4 Å². The van der Waals surface area contributed by atoms with Crippen LogP contribution in [0.25, 0.3) is 21.8 Å². The first kappa shape index (κ1) is 17.2. The van der Waals surface area contributed by atoms with E-state index in [2.05, 4.69) is 25.5 Å². The Morgan fingerprint density at radius 1 is 1.07 bits per heavy atom. The average molecular weight is 363 g/mol. The maximum atomic E-state index is 5.83. The van der Waals surface area contributed by atoms with Crippen LogP contribution in [0.2, 0.25) is 0 Å². The van der Waals surface area contributed by atoms with Gasteiger partial charge in [0.15, 0.2) is 0 Å². The number of nitrogens with one attached hydrogen (secondary N) is 2. The number of aryl methyl sites for hydroxylation is 1. The predicted molar refractivity (Wildman–Crippen MR) is 106 cm³/mol. The minimum absolute atomic E-state index is 0.514. The van der Waals surface area contributed by atoms with Crippen molar-refractivity contribution in [2.24, 2.45) is 0 Å². The van der Waals surface area contributed by atoms with Gasteiger partial charge in [0.05, 0.1) is 23.8 Å². The Hall–Kier alpha value is -3.19. The Bertz CT molecular complexity index is 1080. The first-order chi connectivity index (χ1) is 13.2. The van der Waals surface area contributed by atoms with E-state index >= 15 is 0 Å².